The number of anilines is 1. The lowest BCUT2D eigenvalue weighted by atomic mass is 10.2. The molecule has 0 bridgehead atoms. The fourth-order valence-corrected chi connectivity index (χ4v) is 3.56. The van der Waals surface area contributed by atoms with Crippen LogP contribution in [0.5, 0.6) is 0 Å². The third-order valence-electron chi connectivity index (χ3n) is 3.80. The van der Waals surface area contributed by atoms with Gasteiger partial charge in [0, 0.05) is 22.6 Å². The van der Waals surface area contributed by atoms with Crippen molar-refractivity contribution >= 4 is 40.4 Å². The number of likely N-dealkylation sites (N-methyl/N-ethyl adjacent to an activating group) is 1. The third kappa shape index (κ3) is 4.93. The molecule has 3 aromatic rings. The van der Waals surface area contributed by atoms with Gasteiger partial charge in [-0.05, 0) is 54.1 Å². The predicted molar refractivity (Wildman–Crippen MR) is 107 cm³/mol. The lowest BCUT2D eigenvalue weighted by Gasteiger charge is -2.16. The molecule has 0 unspecified atom stereocenters. The second-order valence-electron chi connectivity index (χ2n) is 5.89. The lowest BCUT2D eigenvalue weighted by molar-refractivity contribution is -0.116. The summed E-state index contributed by atoms with van der Waals surface area (Å²) in [6.45, 7) is -0.0781. The molecular formula is C20H16ClFN2O2S. The predicted octanol–water partition coefficient (Wildman–Crippen LogP) is 4.92. The molecule has 1 aromatic heterocycles. The topological polar surface area (TPSA) is 49.4 Å². The molecule has 1 heterocycles. The summed E-state index contributed by atoms with van der Waals surface area (Å²) in [7, 11) is 1.57. The number of amides is 2. The highest BCUT2D eigenvalue weighted by molar-refractivity contribution is 7.17. The van der Waals surface area contributed by atoms with Crippen molar-refractivity contribution in [2.45, 2.75) is 0 Å². The Bertz CT molecular complexity index is 955. The van der Waals surface area contributed by atoms with Crippen molar-refractivity contribution in [1.29, 1.82) is 0 Å². The molecule has 0 spiro atoms. The van der Waals surface area contributed by atoms with Gasteiger partial charge in [0.2, 0.25) is 5.91 Å². The van der Waals surface area contributed by atoms with E-state index in [0.29, 0.717) is 15.6 Å². The standard InChI is InChI=1S/C20H16ClFN2O2S/c1-24(12-19(25)23-16-8-4-14(21)5-9-16)20(26)18-11-10-17(27-18)13-2-6-15(22)7-3-13/h2-11H,12H2,1H3,(H,23,25). The summed E-state index contributed by atoms with van der Waals surface area (Å²) in [5.74, 6) is -0.860. The van der Waals surface area contributed by atoms with Gasteiger partial charge in [0.15, 0.2) is 0 Å². The zero-order valence-corrected chi connectivity index (χ0v) is 16.0. The van der Waals surface area contributed by atoms with Crippen LogP contribution in [-0.4, -0.2) is 30.3 Å². The number of hydrogen-bond acceptors (Lipinski definition) is 3. The summed E-state index contributed by atoms with van der Waals surface area (Å²) in [6, 6.07) is 16.3. The van der Waals surface area contributed by atoms with Gasteiger partial charge in [0.1, 0.15) is 5.82 Å². The largest absolute Gasteiger partial charge is 0.332 e. The summed E-state index contributed by atoms with van der Waals surface area (Å²) in [5.41, 5.74) is 1.45. The minimum Gasteiger partial charge on any atom is -0.332 e. The number of benzene rings is 2. The van der Waals surface area contributed by atoms with Gasteiger partial charge in [0.25, 0.3) is 5.91 Å². The summed E-state index contributed by atoms with van der Waals surface area (Å²) < 4.78 is 13.0. The molecule has 0 aliphatic carbocycles. The molecule has 0 saturated heterocycles. The van der Waals surface area contributed by atoms with Gasteiger partial charge in [-0.2, -0.15) is 0 Å². The normalized spacial score (nSPS) is 10.5. The third-order valence-corrected chi connectivity index (χ3v) is 5.18. The molecule has 4 nitrogen and oxygen atoms in total. The van der Waals surface area contributed by atoms with Crippen molar-refractivity contribution in [2.75, 3.05) is 18.9 Å². The monoisotopic (exact) mass is 402 g/mol. The summed E-state index contributed by atoms with van der Waals surface area (Å²) in [5, 5.41) is 3.30. The highest BCUT2D eigenvalue weighted by atomic mass is 35.5. The number of hydrogen-bond donors (Lipinski definition) is 1. The minimum absolute atomic E-state index is 0.0781. The Morgan fingerprint density at radius 2 is 1.70 bits per heavy atom. The van der Waals surface area contributed by atoms with Crippen molar-refractivity contribution < 1.29 is 14.0 Å². The number of carbonyl (C=O) groups excluding carboxylic acids is 2. The van der Waals surface area contributed by atoms with Crippen molar-refractivity contribution in [3.63, 3.8) is 0 Å². The highest BCUT2D eigenvalue weighted by Gasteiger charge is 2.17. The maximum absolute atomic E-state index is 13.0. The molecule has 0 saturated carbocycles. The fraction of sp³-hybridized carbons (Fsp3) is 0.100. The number of thiophene rings is 1. The minimum atomic E-state index is -0.307. The van der Waals surface area contributed by atoms with Gasteiger partial charge in [-0.3, -0.25) is 9.59 Å². The first-order chi connectivity index (χ1) is 12.9. The van der Waals surface area contributed by atoms with Gasteiger partial charge in [-0.1, -0.05) is 23.7 Å². The average Bonchev–Trinajstić information content (AvgIpc) is 3.13. The maximum atomic E-state index is 13.0. The van der Waals surface area contributed by atoms with Gasteiger partial charge < -0.3 is 10.2 Å². The van der Waals surface area contributed by atoms with Crippen LogP contribution in [0.2, 0.25) is 5.02 Å². The molecule has 7 heteroatoms. The van der Waals surface area contributed by atoms with E-state index in [4.69, 9.17) is 11.6 Å². The van der Waals surface area contributed by atoms with Crippen LogP contribution in [0, 0.1) is 5.82 Å². The van der Waals surface area contributed by atoms with Crippen LogP contribution in [0.15, 0.2) is 60.7 Å². The molecule has 1 N–H and O–H groups in total. The van der Waals surface area contributed by atoms with Gasteiger partial charge in [-0.25, -0.2) is 4.39 Å². The van der Waals surface area contributed by atoms with E-state index in [0.717, 1.165) is 10.4 Å². The number of nitrogens with one attached hydrogen (secondary N) is 1. The Kier molecular flexibility index (Phi) is 5.88. The Hall–Kier alpha value is -2.70. The summed E-state index contributed by atoms with van der Waals surface area (Å²) in [4.78, 5) is 27.4. The second-order valence-corrected chi connectivity index (χ2v) is 7.41. The highest BCUT2D eigenvalue weighted by Crippen LogP contribution is 2.28. The molecule has 2 aromatic carbocycles. The number of carbonyl (C=O) groups is 2. The quantitative estimate of drug-likeness (QED) is 0.658. The van der Waals surface area contributed by atoms with Crippen LogP contribution in [0.25, 0.3) is 10.4 Å². The van der Waals surface area contributed by atoms with Crippen LogP contribution in [0.1, 0.15) is 9.67 Å². The molecular weight excluding hydrogens is 387 g/mol. The van der Waals surface area contributed by atoms with E-state index in [-0.39, 0.29) is 24.2 Å². The average molecular weight is 403 g/mol. The lowest BCUT2D eigenvalue weighted by Crippen LogP contribution is -2.34. The van der Waals surface area contributed by atoms with E-state index in [9.17, 15) is 14.0 Å². The molecule has 27 heavy (non-hydrogen) atoms. The molecule has 0 fully saturated rings. The molecule has 0 atom stereocenters. The van der Waals surface area contributed by atoms with Crippen molar-refractivity contribution in [2.24, 2.45) is 0 Å². The number of nitrogens with zero attached hydrogens (tertiary/aromatic N) is 1. The molecule has 2 amide bonds. The smallest absolute Gasteiger partial charge is 0.264 e. The van der Waals surface area contributed by atoms with E-state index < -0.39 is 0 Å². The van der Waals surface area contributed by atoms with Crippen LogP contribution in [0.3, 0.4) is 0 Å². The van der Waals surface area contributed by atoms with Gasteiger partial charge in [-0.15, -0.1) is 11.3 Å². The number of rotatable bonds is 5. The SMILES string of the molecule is CN(CC(=O)Nc1ccc(Cl)cc1)C(=O)c1ccc(-c2ccc(F)cc2)s1. The Labute approximate surface area is 165 Å². The van der Waals surface area contributed by atoms with E-state index >= 15 is 0 Å². The van der Waals surface area contributed by atoms with E-state index in [1.54, 1.807) is 49.5 Å². The zero-order chi connectivity index (χ0) is 19.4. The van der Waals surface area contributed by atoms with Crippen LogP contribution < -0.4 is 5.32 Å². The number of halogens is 2. The Morgan fingerprint density at radius 3 is 2.37 bits per heavy atom. The first-order valence-corrected chi connectivity index (χ1v) is 9.28. The van der Waals surface area contributed by atoms with Crippen LogP contribution in [0.4, 0.5) is 10.1 Å². The molecule has 0 aliphatic rings. The first-order valence-electron chi connectivity index (χ1n) is 8.09. The van der Waals surface area contributed by atoms with Crippen LogP contribution >= 0.6 is 22.9 Å². The molecule has 3 rings (SSSR count). The maximum Gasteiger partial charge on any atom is 0.264 e. The molecule has 138 valence electrons. The van der Waals surface area contributed by atoms with E-state index in [2.05, 4.69) is 5.32 Å². The molecule has 0 radical (unpaired) electrons. The second kappa shape index (κ2) is 8.33. The van der Waals surface area contributed by atoms with Gasteiger partial charge >= 0.3 is 0 Å². The summed E-state index contributed by atoms with van der Waals surface area (Å²) >= 11 is 7.11. The molecule has 0 aliphatic heterocycles. The van der Waals surface area contributed by atoms with Crippen molar-refractivity contribution in [1.82, 2.24) is 4.90 Å². The zero-order valence-electron chi connectivity index (χ0n) is 14.4. The summed E-state index contributed by atoms with van der Waals surface area (Å²) in [6.07, 6.45) is 0. The Morgan fingerprint density at radius 1 is 1.04 bits per heavy atom. The van der Waals surface area contributed by atoms with Gasteiger partial charge in [0.05, 0.1) is 11.4 Å². The van der Waals surface area contributed by atoms with Crippen LogP contribution in [-0.2, 0) is 4.79 Å². The van der Waals surface area contributed by atoms with Crippen molar-refractivity contribution in [3.05, 3.63) is 76.4 Å². The van der Waals surface area contributed by atoms with Crippen molar-refractivity contribution in [3.8, 4) is 10.4 Å². The first kappa shape index (κ1) is 19.1. The Balaban J connectivity index is 1.62. The fourth-order valence-electron chi connectivity index (χ4n) is 2.43. The van der Waals surface area contributed by atoms with E-state index in [1.165, 1.54) is 28.4 Å². The van der Waals surface area contributed by atoms with E-state index in [1.807, 2.05) is 6.07 Å².